The van der Waals surface area contributed by atoms with E-state index in [-0.39, 0.29) is 0 Å². The van der Waals surface area contributed by atoms with Crippen molar-refractivity contribution in [2.75, 3.05) is 26.2 Å². The van der Waals surface area contributed by atoms with Crippen LogP contribution in [0.2, 0.25) is 0 Å². The summed E-state index contributed by atoms with van der Waals surface area (Å²) in [5.41, 5.74) is 0. The van der Waals surface area contributed by atoms with Gasteiger partial charge in [0.05, 0.1) is 26.2 Å². The fourth-order valence-electron chi connectivity index (χ4n) is 3.67. The zero-order chi connectivity index (χ0) is 13.8. The highest BCUT2D eigenvalue weighted by atomic mass is 15.4. The Balaban J connectivity index is 2.08. The third-order valence-electron chi connectivity index (χ3n) is 4.99. The van der Waals surface area contributed by atoms with E-state index in [2.05, 4.69) is 13.8 Å². The minimum atomic E-state index is 1.37. The van der Waals surface area contributed by atoms with Crippen molar-refractivity contribution < 1.29 is 4.48 Å². The van der Waals surface area contributed by atoms with Gasteiger partial charge in [0.1, 0.15) is 0 Å². The lowest BCUT2D eigenvalue weighted by Crippen LogP contribution is -2.46. The summed E-state index contributed by atoms with van der Waals surface area (Å²) in [6.07, 6.45) is 17.5. The fourth-order valence-corrected chi connectivity index (χ4v) is 3.67. The van der Waals surface area contributed by atoms with Crippen LogP contribution in [0.5, 0.6) is 0 Å². The summed E-state index contributed by atoms with van der Waals surface area (Å²) in [5.74, 6) is 0. The smallest absolute Gasteiger partial charge is 0.0788 e. The summed E-state index contributed by atoms with van der Waals surface area (Å²) in [6.45, 7) is 10.6. The zero-order valence-electron chi connectivity index (χ0n) is 13.8. The molecule has 114 valence electrons. The molecular formula is C18H38N+. The van der Waals surface area contributed by atoms with Crippen molar-refractivity contribution in [1.29, 1.82) is 0 Å². The average Bonchev–Trinajstić information content (AvgIpc) is 2.87. The first-order valence-electron chi connectivity index (χ1n) is 9.18. The molecule has 1 fully saturated rings. The highest BCUT2D eigenvalue weighted by Gasteiger charge is 2.30. The molecular weight excluding hydrogens is 230 g/mol. The first-order chi connectivity index (χ1) is 9.33. The number of hydrogen-bond donors (Lipinski definition) is 0. The predicted molar refractivity (Wildman–Crippen MR) is 86.5 cm³/mol. The molecule has 0 unspecified atom stereocenters. The highest BCUT2D eigenvalue weighted by Crippen LogP contribution is 2.22. The largest absolute Gasteiger partial charge is 0.324 e. The number of hydrogen-bond acceptors (Lipinski definition) is 0. The van der Waals surface area contributed by atoms with Gasteiger partial charge in [-0.3, -0.25) is 0 Å². The molecule has 1 saturated heterocycles. The lowest BCUT2D eigenvalue weighted by molar-refractivity contribution is -0.917. The maximum absolute atomic E-state index is 2.32. The van der Waals surface area contributed by atoms with E-state index in [1.807, 2.05) is 0 Å². The van der Waals surface area contributed by atoms with E-state index >= 15 is 0 Å². The second kappa shape index (κ2) is 10.7. The quantitative estimate of drug-likeness (QED) is 0.322. The molecule has 0 saturated carbocycles. The van der Waals surface area contributed by atoms with E-state index in [4.69, 9.17) is 0 Å². The molecule has 0 spiro atoms. The van der Waals surface area contributed by atoms with Crippen molar-refractivity contribution in [2.45, 2.75) is 90.9 Å². The summed E-state index contributed by atoms with van der Waals surface area (Å²) < 4.78 is 1.48. The summed E-state index contributed by atoms with van der Waals surface area (Å²) in [5, 5.41) is 0. The number of quaternary nitrogens is 1. The van der Waals surface area contributed by atoms with Crippen LogP contribution in [0.15, 0.2) is 0 Å². The van der Waals surface area contributed by atoms with Crippen LogP contribution in [0.4, 0.5) is 0 Å². The van der Waals surface area contributed by atoms with Crippen molar-refractivity contribution in [1.82, 2.24) is 0 Å². The number of unbranched alkanes of at least 4 members (excludes halogenated alkanes) is 8. The van der Waals surface area contributed by atoms with Gasteiger partial charge in [-0.05, 0) is 25.7 Å². The molecule has 1 heterocycles. The summed E-state index contributed by atoms with van der Waals surface area (Å²) in [6, 6.07) is 0. The first-order valence-corrected chi connectivity index (χ1v) is 9.18. The Morgan fingerprint density at radius 3 is 1.58 bits per heavy atom. The maximum atomic E-state index is 2.32. The van der Waals surface area contributed by atoms with Gasteiger partial charge in [-0.25, -0.2) is 0 Å². The maximum Gasteiger partial charge on any atom is 0.0788 e. The van der Waals surface area contributed by atoms with Crippen LogP contribution in [-0.4, -0.2) is 30.7 Å². The average molecular weight is 269 g/mol. The van der Waals surface area contributed by atoms with Crippen molar-refractivity contribution in [3.63, 3.8) is 0 Å². The van der Waals surface area contributed by atoms with Gasteiger partial charge in [-0.15, -0.1) is 0 Å². The van der Waals surface area contributed by atoms with Crippen LogP contribution in [0, 0.1) is 0 Å². The Labute approximate surface area is 122 Å². The predicted octanol–water partition coefficient (Wildman–Crippen LogP) is 5.54. The number of nitrogens with zero attached hydrogens (tertiary/aromatic N) is 1. The van der Waals surface area contributed by atoms with Crippen molar-refractivity contribution in [3.8, 4) is 0 Å². The van der Waals surface area contributed by atoms with Gasteiger partial charge in [0.25, 0.3) is 0 Å². The van der Waals surface area contributed by atoms with E-state index in [9.17, 15) is 0 Å². The lowest BCUT2D eigenvalue weighted by atomic mass is 10.1. The standard InChI is InChI=1S/C18H38N/c1-3-5-7-8-9-10-12-16-19(15-11-6-4-2)17-13-14-18-19/h3-18H2,1-2H3/q+1. The summed E-state index contributed by atoms with van der Waals surface area (Å²) in [7, 11) is 0. The third-order valence-corrected chi connectivity index (χ3v) is 4.99. The number of rotatable bonds is 12. The molecule has 0 amide bonds. The van der Waals surface area contributed by atoms with Crippen molar-refractivity contribution in [3.05, 3.63) is 0 Å². The molecule has 0 radical (unpaired) electrons. The second-order valence-electron chi connectivity index (χ2n) is 6.77. The van der Waals surface area contributed by atoms with Crippen LogP contribution >= 0.6 is 0 Å². The topological polar surface area (TPSA) is 0 Å². The Morgan fingerprint density at radius 2 is 1.00 bits per heavy atom. The van der Waals surface area contributed by atoms with Gasteiger partial charge < -0.3 is 4.48 Å². The molecule has 19 heavy (non-hydrogen) atoms. The van der Waals surface area contributed by atoms with Gasteiger partial charge in [0.15, 0.2) is 0 Å². The number of likely N-dealkylation sites (tertiary alicyclic amines) is 1. The SMILES string of the molecule is CCCCCCCCC[N+]1(CCCCC)CCCC1. The molecule has 0 aliphatic carbocycles. The Bertz CT molecular complexity index is 194. The van der Waals surface area contributed by atoms with Crippen molar-refractivity contribution >= 4 is 0 Å². The minimum absolute atomic E-state index is 1.37. The Morgan fingerprint density at radius 1 is 0.579 bits per heavy atom. The van der Waals surface area contributed by atoms with Gasteiger partial charge in [0, 0.05) is 12.8 Å². The van der Waals surface area contributed by atoms with Crippen molar-refractivity contribution in [2.24, 2.45) is 0 Å². The highest BCUT2D eigenvalue weighted by molar-refractivity contribution is 4.56. The lowest BCUT2D eigenvalue weighted by Gasteiger charge is -2.34. The molecule has 0 N–H and O–H groups in total. The summed E-state index contributed by atoms with van der Waals surface area (Å²) >= 11 is 0. The van der Waals surface area contributed by atoms with Gasteiger partial charge >= 0.3 is 0 Å². The Kier molecular flexibility index (Phi) is 9.59. The fraction of sp³-hybridized carbons (Fsp3) is 1.00. The molecule has 0 atom stereocenters. The van der Waals surface area contributed by atoms with E-state index in [0.717, 1.165) is 0 Å². The molecule has 0 aromatic rings. The molecule has 0 aromatic heterocycles. The van der Waals surface area contributed by atoms with Crippen LogP contribution in [0.3, 0.4) is 0 Å². The van der Waals surface area contributed by atoms with E-state index in [0.29, 0.717) is 0 Å². The zero-order valence-corrected chi connectivity index (χ0v) is 13.8. The molecule has 0 aromatic carbocycles. The third kappa shape index (κ3) is 7.34. The van der Waals surface area contributed by atoms with Crippen LogP contribution < -0.4 is 0 Å². The van der Waals surface area contributed by atoms with Crippen LogP contribution in [0.25, 0.3) is 0 Å². The van der Waals surface area contributed by atoms with Crippen LogP contribution in [0.1, 0.15) is 90.9 Å². The monoisotopic (exact) mass is 268 g/mol. The molecule has 1 rings (SSSR count). The van der Waals surface area contributed by atoms with E-state index in [1.165, 1.54) is 108 Å². The Hall–Kier alpha value is -0.0400. The normalized spacial score (nSPS) is 18.0. The molecule has 0 bridgehead atoms. The van der Waals surface area contributed by atoms with Gasteiger partial charge in [-0.1, -0.05) is 52.4 Å². The minimum Gasteiger partial charge on any atom is -0.324 e. The molecule has 1 heteroatoms. The summed E-state index contributed by atoms with van der Waals surface area (Å²) in [4.78, 5) is 0. The first kappa shape index (κ1) is 17.0. The van der Waals surface area contributed by atoms with Gasteiger partial charge in [-0.2, -0.15) is 0 Å². The molecule has 1 aliphatic heterocycles. The van der Waals surface area contributed by atoms with Gasteiger partial charge in [0.2, 0.25) is 0 Å². The second-order valence-corrected chi connectivity index (χ2v) is 6.77. The van der Waals surface area contributed by atoms with E-state index < -0.39 is 0 Å². The van der Waals surface area contributed by atoms with Crippen LogP contribution in [-0.2, 0) is 0 Å². The van der Waals surface area contributed by atoms with E-state index in [1.54, 1.807) is 0 Å². The molecule has 1 aliphatic rings. The molecule has 1 nitrogen and oxygen atoms in total.